The maximum atomic E-state index is 11.8. The molecule has 26 heavy (non-hydrogen) atoms. The van der Waals surface area contributed by atoms with E-state index < -0.39 is 5.91 Å². The van der Waals surface area contributed by atoms with Crippen molar-refractivity contribution < 1.29 is 24.5 Å². The Morgan fingerprint density at radius 1 is 1.19 bits per heavy atom. The van der Waals surface area contributed by atoms with Crippen molar-refractivity contribution in [2.24, 2.45) is 5.10 Å². The highest BCUT2D eigenvalue weighted by Crippen LogP contribution is 2.40. The van der Waals surface area contributed by atoms with E-state index in [4.69, 9.17) is 9.47 Å². The molecule has 0 fully saturated rings. The lowest BCUT2D eigenvalue weighted by Gasteiger charge is -2.10. The van der Waals surface area contributed by atoms with Crippen molar-refractivity contribution in [1.29, 1.82) is 0 Å². The van der Waals surface area contributed by atoms with E-state index in [1.165, 1.54) is 19.4 Å². The van der Waals surface area contributed by atoms with Crippen LogP contribution in [0.1, 0.15) is 5.56 Å². The molecule has 10 heteroatoms. The van der Waals surface area contributed by atoms with Crippen LogP contribution in [0.15, 0.2) is 42.8 Å². The molecule has 0 saturated heterocycles. The van der Waals surface area contributed by atoms with Gasteiger partial charge >= 0.3 is 0 Å². The molecule has 0 atom stereocenters. The number of ether oxygens (including phenoxy) is 2. The van der Waals surface area contributed by atoms with Gasteiger partial charge in [0.2, 0.25) is 0 Å². The number of carbonyl (C=O) groups excluding carboxylic acids is 1. The molecule has 0 aliphatic rings. The minimum absolute atomic E-state index is 0.243. The third kappa shape index (κ3) is 5.12. The Labute approximate surface area is 174 Å². The number of hydrogen-bond acceptors (Lipinski definition) is 6. The van der Waals surface area contributed by atoms with Gasteiger partial charge in [0.25, 0.3) is 5.91 Å². The molecule has 2 aromatic carbocycles. The number of benzene rings is 2. The van der Waals surface area contributed by atoms with E-state index in [9.17, 15) is 15.0 Å². The third-order valence-electron chi connectivity index (χ3n) is 3.07. The lowest BCUT2D eigenvalue weighted by atomic mass is 10.2. The van der Waals surface area contributed by atoms with Gasteiger partial charge in [-0.15, -0.1) is 0 Å². The van der Waals surface area contributed by atoms with Crippen LogP contribution in [0.25, 0.3) is 0 Å². The van der Waals surface area contributed by atoms with Gasteiger partial charge in [0.15, 0.2) is 29.6 Å². The molecule has 1 amide bonds. The average molecular weight is 553 g/mol. The van der Waals surface area contributed by atoms with Crippen LogP contribution in [0.4, 0.5) is 0 Å². The molecule has 0 aromatic heterocycles. The molecule has 2 aromatic rings. The molecule has 0 radical (unpaired) electrons. The number of carbonyl (C=O) groups is 1. The highest BCUT2D eigenvalue weighted by atomic mass is 79.9. The Hall–Kier alpha value is -1.78. The number of nitrogens with zero attached hydrogens (tertiary/aromatic N) is 1. The summed E-state index contributed by atoms with van der Waals surface area (Å²) in [5, 5.41) is 23.1. The van der Waals surface area contributed by atoms with E-state index in [1.807, 2.05) is 0 Å². The monoisotopic (exact) mass is 550 g/mol. The number of hydrazone groups is 1. The van der Waals surface area contributed by atoms with Crippen molar-refractivity contribution in [3.63, 3.8) is 0 Å². The zero-order valence-corrected chi connectivity index (χ0v) is 18.1. The molecular formula is C16H13Br3N2O5. The highest BCUT2D eigenvalue weighted by molar-refractivity contribution is 9.11. The Kier molecular flexibility index (Phi) is 7.30. The van der Waals surface area contributed by atoms with Gasteiger partial charge in [-0.25, -0.2) is 5.43 Å². The third-order valence-corrected chi connectivity index (χ3v) is 5.00. The average Bonchev–Trinajstić information content (AvgIpc) is 2.62. The summed E-state index contributed by atoms with van der Waals surface area (Å²) in [4.78, 5) is 11.8. The van der Waals surface area contributed by atoms with Gasteiger partial charge in [0.1, 0.15) is 0 Å². The highest BCUT2D eigenvalue weighted by Gasteiger charge is 2.13. The number of phenolic OH excluding ortho intramolecular Hbond substituents is 2. The second-order valence-electron chi connectivity index (χ2n) is 4.84. The molecule has 0 heterocycles. The topological polar surface area (TPSA) is 100 Å². The number of aromatic hydroxyl groups is 2. The Morgan fingerprint density at radius 2 is 1.92 bits per heavy atom. The molecule has 2 rings (SSSR count). The summed E-state index contributed by atoms with van der Waals surface area (Å²) in [5.74, 6) is -0.203. The summed E-state index contributed by atoms with van der Waals surface area (Å²) in [6.07, 6.45) is 1.31. The zero-order valence-electron chi connectivity index (χ0n) is 13.3. The Bertz CT molecular complexity index is 858. The first kappa shape index (κ1) is 20.5. The van der Waals surface area contributed by atoms with E-state index in [-0.39, 0.29) is 27.1 Å². The molecule has 0 saturated carbocycles. The van der Waals surface area contributed by atoms with E-state index in [0.717, 1.165) is 4.47 Å². The van der Waals surface area contributed by atoms with Crippen molar-refractivity contribution in [2.75, 3.05) is 13.7 Å². The van der Waals surface area contributed by atoms with Crippen LogP contribution in [-0.2, 0) is 4.79 Å². The van der Waals surface area contributed by atoms with Crippen LogP contribution in [0.3, 0.4) is 0 Å². The summed E-state index contributed by atoms with van der Waals surface area (Å²) >= 11 is 9.56. The number of hydrogen-bond donors (Lipinski definition) is 3. The van der Waals surface area contributed by atoms with Crippen molar-refractivity contribution in [3.8, 4) is 23.0 Å². The van der Waals surface area contributed by atoms with Crippen LogP contribution in [0.2, 0.25) is 0 Å². The maximum Gasteiger partial charge on any atom is 0.277 e. The number of phenols is 2. The minimum Gasteiger partial charge on any atom is -0.503 e. The smallest absolute Gasteiger partial charge is 0.277 e. The van der Waals surface area contributed by atoms with E-state index in [2.05, 4.69) is 58.3 Å². The van der Waals surface area contributed by atoms with Gasteiger partial charge < -0.3 is 19.7 Å². The lowest BCUT2D eigenvalue weighted by molar-refractivity contribution is -0.123. The maximum absolute atomic E-state index is 11.8. The van der Waals surface area contributed by atoms with Crippen LogP contribution in [0.5, 0.6) is 23.0 Å². The van der Waals surface area contributed by atoms with Gasteiger partial charge in [-0.05, 0) is 56.1 Å². The van der Waals surface area contributed by atoms with Gasteiger partial charge in [-0.1, -0.05) is 15.9 Å². The van der Waals surface area contributed by atoms with Crippen LogP contribution in [-0.4, -0.2) is 36.1 Å². The standard InChI is InChI=1S/C16H13Br3N2O5/c1-25-12-5-9(17)2-3-11(12)26-7-13(22)21-20-6-8-4-10(18)15(23)16(24)14(8)19/h2-6,23-24H,7H2,1H3,(H,21,22)/b20-6+. The lowest BCUT2D eigenvalue weighted by Crippen LogP contribution is -2.24. The van der Waals surface area contributed by atoms with Crippen molar-refractivity contribution in [1.82, 2.24) is 5.43 Å². The second-order valence-corrected chi connectivity index (χ2v) is 7.40. The van der Waals surface area contributed by atoms with Gasteiger partial charge in [-0.2, -0.15) is 5.10 Å². The summed E-state index contributed by atoms with van der Waals surface area (Å²) in [7, 11) is 1.50. The predicted octanol–water partition coefficient (Wildman–Crippen LogP) is 3.92. The largest absolute Gasteiger partial charge is 0.503 e. The molecule has 138 valence electrons. The van der Waals surface area contributed by atoms with Gasteiger partial charge in [0.05, 0.1) is 22.3 Å². The van der Waals surface area contributed by atoms with Crippen molar-refractivity contribution >= 4 is 59.9 Å². The quantitative estimate of drug-likeness (QED) is 0.286. The van der Waals surface area contributed by atoms with Crippen molar-refractivity contribution in [2.45, 2.75) is 0 Å². The summed E-state index contributed by atoms with van der Waals surface area (Å²) in [6.45, 7) is -0.263. The Balaban J connectivity index is 1.96. The molecule has 0 aliphatic carbocycles. The fraction of sp³-hybridized carbons (Fsp3) is 0.125. The molecule has 0 spiro atoms. The van der Waals surface area contributed by atoms with Crippen LogP contribution < -0.4 is 14.9 Å². The first-order valence-corrected chi connectivity index (χ1v) is 9.39. The molecule has 0 aliphatic heterocycles. The first-order valence-electron chi connectivity index (χ1n) is 7.01. The number of amides is 1. The molecule has 3 N–H and O–H groups in total. The number of nitrogens with one attached hydrogen (secondary N) is 1. The van der Waals surface area contributed by atoms with E-state index >= 15 is 0 Å². The van der Waals surface area contributed by atoms with Gasteiger partial charge in [0, 0.05) is 10.0 Å². The minimum atomic E-state index is -0.482. The summed E-state index contributed by atoms with van der Waals surface area (Å²) in [6, 6.07) is 6.68. The van der Waals surface area contributed by atoms with E-state index in [1.54, 1.807) is 18.2 Å². The number of methoxy groups -OCH3 is 1. The Morgan fingerprint density at radius 3 is 2.62 bits per heavy atom. The molecule has 0 unspecified atom stereocenters. The summed E-state index contributed by atoms with van der Waals surface area (Å²) in [5.41, 5.74) is 2.75. The fourth-order valence-corrected chi connectivity index (χ4v) is 3.01. The second kappa shape index (κ2) is 9.24. The van der Waals surface area contributed by atoms with E-state index in [0.29, 0.717) is 17.1 Å². The molecule has 7 nitrogen and oxygen atoms in total. The van der Waals surface area contributed by atoms with Crippen LogP contribution in [0, 0.1) is 0 Å². The number of rotatable bonds is 6. The van der Waals surface area contributed by atoms with Crippen molar-refractivity contribution in [3.05, 3.63) is 43.2 Å². The first-order chi connectivity index (χ1) is 12.3. The van der Waals surface area contributed by atoms with Gasteiger partial charge in [-0.3, -0.25) is 4.79 Å². The predicted molar refractivity (Wildman–Crippen MR) is 107 cm³/mol. The normalized spacial score (nSPS) is 10.8. The van der Waals surface area contributed by atoms with Crippen LogP contribution >= 0.6 is 47.8 Å². The number of halogens is 3. The fourth-order valence-electron chi connectivity index (χ4n) is 1.83. The molecular weight excluding hydrogens is 540 g/mol. The zero-order chi connectivity index (χ0) is 19.3. The SMILES string of the molecule is COc1cc(Br)ccc1OCC(=O)N/N=C/c1cc(Br)c(O)c(O)c1Br. The molecule has 0 bridgehead atoms. The summed E-state index contributed by atoms with van der Waals surface area (Å²) < 4.78 is 11.9.